The molecule has 0 atom stereocenters. The molecule has 3 rings (SSSR count). The van der Waals surface area contributed by atoms with Crippen LogP contribution in [0.15, 0.2) is 71.8 Å². The zero-order valence-corrected chi connectivity index (χ0v) is 17.8. The number of hydrazone groups is 1. The van der Waals surface area contributed by atoms with Crippen molar-refractivity contribution in [1.29, 1.82) is 0 Å². The number of fused-ring (bicyclic) bond motifs is 1. The van der Waals surface area contributed by atoms with Gasteiger partial charge in [0.1, 0.15) is 0 Å². The van der Waals surface area contributed by atoms with Gasteiger partial charge in [0, 0.05) is 24.5 Å². The van der Waals surface area contributed by atoms with Crippen molar-refractivity contribution in [3.05, 3.63) is 77.9 Å². The number of carbonyl (C=O) groups is 1. The third kappa shape index (κ3) is 6.09. The number of carbonyl (C=O) groups excluding carboxylic acids is 1. The number of rotatable bonds is 9. The largest absolute Gasteiger partial charge is 0.372 e. The number of benzene rings is 3. The molecule has 29 heavy (non-hydrogen) atoms. The van der Waals surface area contributed by atoms with Crippen molar-refractivity contribution in [2.45, 2.75) is 19.6 Å². The molecule has 0 heterocycles. The number of amides is 1. The van der Waals surface area contributed by atoms with Crippen molar-refractivity contribution in [3.63, 3.8) is 0 Å². The lowest BCUT2D eigenvalue weighted by Gasteiger charge is -2.20. The van der Waals surface area contributed by atoms with Gasteiger partial charge in [-0.25, -0.2) is 5.43 Å². The monoisotopic (exact) mass is 405 g/mol. The average molecular weight is 406 g/mol. The Morgan fingerprint density at radius 1 is 1.00 bits per heavy atom. The lowest BCUT2D eigenvalue weighted by atomic mass is 10.1. The zero-order chi connectivity index (χ0) is 20.5. The van der Waals surface area contributed by atoms with Crippen LogP contribution >= 0.6 is 11.8 Å². The van der Waals surface area contributed by atoms with E-state index in [0.29, 0.717) is 5.75 Å². The van der Waals surface area contributed by atoms with E-state index in [4.69, 9.17) is 0 Å². The molecule has 0 aliphatic carbocycles. The summed E-state index contributed by atoms with van der Waals surface area (Å²) in [5.74, 6) is 1.09. The second kappa shape index (κ2) is 10.7. The minimum Gasteiger partial charge on any atom is -0.372 e. The van der Waals surface area contributed by atoms with E-state index in [-0.39, 0.29) is 5.91 Å². The number of nitrogens with one attached hydrogen (secondary N) is 1. The van der Waals surface area contributed by atoms with E-state index in [9.17, 15) is 4.79 Å². The lowest BCUT2D eigenvalue weighted by Crippen LogP contribution is -2.21. The van der Waals surface area contributed by atoms with Crippen LogP contribution in [-0.4, -0.2) is 31.0 Å². The Labute approximate surface area is 177 Å². The molecule has 5 heteroatoms. The number of hydrogen-bond acceptors (Lipinski definition) is 4. The number of hydrogen-bond donors (Lipinski definition) is 1. The van der Waals surface area contributed by atoms with Crippen LogP contribution in [0, 0.1) is 0 Å². The van der Waals surface area contributed by atoms with Gasteiger partial charge < -0.3 is 4.90 Å². The van der Waals surface area contributed by atoms with Gasteiger partial charge in [0.05, 0.1) is 12.0 Å². The van der Waals surface area contributed by atoms with Crippen molar-refractivity contribution in [1.82, 2.24) is 5.43 Å². The van der Waals surface area contributed by atoms with E-state index in [1.807, 2.05) is 24.3 Å². The van der Waals surface area contributed by atoms with Gasteiger partial charge in [-0.05, 0) is 47.9 Å². The van der Waals surface area contributed by atoms with Crippen molar-refractivity contribution >= 4 is 40.3 Å². The molecule has 0 fully saturated rings. The van der Waals surface area contributed by atoms with E-state index >= 15 is 0 Å². The summed E-state index contributed by atoms with van der Waals surface area (Å²) in [6.45, 7) is 6.26. The average Bonchev–Trinajstić information content (AvgIpc) is 2.75. The first-order chi connectivity index (χ1) is 14.2. The van der Waals surface area contributed by atoms with Gasteiger partial charge in [0.2, 0.25) is 5.91 Å². The van der Waals surface area contributed by atoms with Crippen molar-refractivity contribution in [2.75, 3.05) is 23.7 Å². The topological polar surface area (TPSA) is 44.7 Å². The second-order valence-corrected chi connectivity index (χ2v) is 7.72. The van der Waals surface area contributed by atoms with Gasteiger partial charge in [0.15, 0.2) is 0 Å². The first kappa shape index (κ1) is 20.9. The molecule has 3 aromatic rings. The standard InChI is InChI=1S/C24H27N3OS/c1-3-27(4-2)23-13-10-19(11-14-23)16-25-26-24(28)18-29-17-20-9-12-21-7-5-6-8-22(21)15-20/h5-16H,3-4,17-18H2,1-2H3,(H,26,28)/b25-16-. The van der Waals surface area contributed by atoms with Crippen LogP contribution in [0.4, 0.5) is 5.69 Å². The van der Waals surface area contributed by atoms with Crippen LogP contribution in [0.3, 0.4) is 0 Å². The molecule has 0 spiro atoms. The highest BCUT2D eigenvalue weighted by Crippen LogP contribution is 2.19. The fraction of sp³-hybridized carbons (Fsp3) is 0.250. The van der Waals surface area contributed by atoms with Crippen LogP contribution in [0.2, 0.25) is 0 Å². The van der Waals surface area contributed by atoms with Crippen molar-refractivity contribution in [2.24, 2.45) is 5.10 Å². The fourth-order valence-electron chi connectivity index (χ4n) is 3.16. The Bertz CT molecular complexity index is 965. The SMILES string of the molecule is CCN(CC)c1ccc(/C=N\NC(=O)CSCc2ccc3ccccc3c2)cc1. The number of thioether (sulfide) groups is 1. The minimum absolute atomic E-state index is 0.0909. The molecule has 3 aromatic carbocycles. The highest BCUT2D eigenvalue weighted by molar-refractivity contribution is 7.99. The smallest absolute Gasteiger partial charge is 0.250 e. The molecule has 0 bridgehead atoms. The maximum atomic E-state index is 12.0. The second-order valence-electron chi connectivity index (χ2n) is 6.73. The van der Waals surface area contributed by atoms with E-state index in [1.54, 1.807) is 18.0 Å². The molecule has 1 amide bonds. The molecule has 0 unspecified atom stereocenters. The van der Waals surface area contributed by atoms with Crippen LogP contribution in [0.1, 0.15) is 25.0 Å². The summed E-state index contributed by atoms with van der Waals surface area (Å²) in [4.78, 5) is 14.3. The van der Waals surface area contributed by atoms with Gasteiger partial charge in [-0.2, -0.15) is 5.10 Å². The molecule has 0 aliphatic rings. The van der Waals surface area contributed by atoms with Crippen LogP contribution < -0.4 is 10.3 Å². The third-order valence-corrected chi connectivity index (χ3v) is 5.74. The molecule has 0 saturated heterocycles. The minimum atomic E-state index is -0.0909. The highest BCUT2D eigenvalue weighted by atomic mass is 32.2. The van der Waals surface area contributed by atoms with Crippen LogP contribution in [0.25, 0.3) is 10.8 Å². The van der Waals surface area contributed by atoms with Crippen LogP contribution in [0.5, 0.6) is 0 Å². The summed E-state index contributed by atoms with van der Waals surface area (Å²) < 4.78 is 0. The molecule has 1 N–H and O–H groups in total. The van der Waals surface area contributed by atoms with Gasteiger partial charge >= 0.3 is 0 Å². The Morgan fingerprint density at radius 2 is 1.72 bits per heavy atom. The molecular formula is C24H27N3OS. The molecule has 0 radical (unpaired) electrons. The third-order valence-electron chi connectivity index (χ3n) is 4.74. The molecule has 0 aromatic heterocycles. The van der Waals surface area contributed by atoms with E-state index in [0.717, 1.165) is 24.4 Å². The summed E-state index contributed by atoms with van der Waals surface area (Å²) in [5.41, 5.74) is 5.99. The fourth-order valence-corrected chi connectivity index (χ4v) is 3.93. The zero-order valence-electron chi connectivity index (χ0n) is 17.0. The van der Waals surface area contributed by atoms with Crippen molar-refractivity contribution < 1.29 is 4.79 Å². The highest BCUT2D eigenvalue weighted by Gasteiger charge is 2.03. The summed E-state index contributed by atoms with van der Waals surface area (Å²) in [5, 5.41) is 6.53. The van der Waals surface area contributed by atoms with Crippen LogP contribution in [-0.2, 0) is 10.5 Å². The maximum absolute atomic E-state index is 12.0. The first-order valence-electron chi connectivity index (χ1n) is 9.92. The summed E-state index contributed by atoms with van der Waals surface area (Å²) in [6.07, 6.45) is 1.68. The summed E-state index contributed by atoms with van der Waals surface area (Å²) >= 11 is 1.59. The molecular weight excluding hydrogens is 378 g/mol. The Balaban J connectivity index is 1.43. The lowest BCUT2D eigenvalue weighted by molar-refractivity contribution is -0.118. The predicted octanol–water partition coefficient (Wildman–Crippen LogP) is 5.07. The first-order valence-corrected chi connectivity index (χ1v) is 11.1. The Morgan fingerprint density at radius 3 is 2.45 bits per heavy atom. The molecule has 0 saturated carbocycles. The Kier molecular flexibility index (Phi) is 7.70. The van der Waals surface area contributed by atoms with Gasteiger partial charge in [0.25, 0.3) is 0 Å². The number of nitrogens with zero attached hydrogens (tertiary/aromatic N) is 2. The summed E-state index contributed by atoms with van der Waals surface area (Å²) in [6, 6.07) is 22.9. The van der Waals surface area contributed by atoms with E-state index < -0.39 is 0 Å². The molecule has 4 nitrogen and oxygen atoms in total. The maximum Gasteiger partial charge on any atom is 0.250 e. The van der Waals surface area contributed by atoms with E-state index in [2.05, 4.69) is 71.7 Å². The predicted molar refractivity (Wildman–Crippen MR) is 126 cm³/mol. The van der Waals surface area contributed by atoms with Gasteiger partial charge in [-0.3, -0.25) is 4.79 Å². The molecule has 0 aliphatic heterocycles. The summed E-state index contributed by atoms with van der Waals surface area (Å²) in [7, 11) is 0. The van der Waals surface area contributed by atoms with Crippen molar-refractivity contribution in [3.8, 4) is 0 Å². The Hall–Kier alpha value is -2.79. The normalized spacial score (nSPS) is 11.1. The molecule has 150 valence electrons. The quantitative estimate of drug-likeness (QED) is 0.399. The van der Waals surface area contributed by atoms with Gasteiger partial charge in [-0.15, -0.1) is 11.8 Å². The van der Waals surface area contributed by atoms with E-state index in [1.165, 1.54) is 22.0 Å². The number of anilines is 1. The van der Waals surface area contributed by atoms with Gasteiger partial charge in [-0.1, -0.05) is 54.6 Å².